The summed E-state index contributed by atoms with van der Waals surface area (Å²) in [5.74, 6) is 2.79. The predicted molar refractivity (Wildman–Crippen MR) is 94.2 cm³/mol. The first-order valence-corrected chi connectivity index (χ1v) is 9.37. The molecule has 134 valence electrons. The Hall–Kier alpha value is -2.02. The van der Waals surface area contributed by atoms with E-state index >= 15 is 0 Å². The molecule has 0 spiro atoms. The number of rotatable bonds is 4. The van der Waals surface area contributed by atoms with Gasteiger partial charge in [0.1, 0.15) is 11.6 Å². The van der Waals surface area contributed by atoms with E-state index in [0.29, 0.717) is 5.92 Å². The highest BCUT2D eigenvalue weighted by atomic mass is 16.1. The van der Waals surface area contributed by atoms with Crippen molar-refractivity contribution < 1.29 is 0 Å². The van der Waals surface area contributed by atoms with E-state index in [-0.39, 0.29) is 5.56 Å². The average molecular weight is 342 g/mol. The van der Waals surface area contributed by atoms with Crippen LogP contribution >= 0.6 is 0 Å². The van der Waals surface area contributed by atoms with Crippen LogP contribution in [0.2, 0.25) is 0 Å². The molecule has 2 aliphatic rings. The number of piperidine rings is 1. The van der Waals surface area contributed by atoms with E-state index in [1.54, 1.807) is 16.8 Å². The van der Waals surface area contributed by atoms with Gasteiger partial charge in [-0.15, -0.1) is 10.2 Å². The van der Waals surface area contributed by atoms with Gasteiger partial charge in [-0.05, 0) is 57.7 Å². The third-order valence-electron chi connectivity index (χ3n) is 5.44. The maximum Gasteiger partial charge on any atom is 0.266 e. The van der Waals surface area contributed by atoms with Crippen LogP contribution in [0.5, 0.6) is 0 Å². The van der Waals surface area contributed by atoms with Gasteiger partial charge in [-0.1, -0.05) is 0 Å². The Morgan fingerprint density at radius 1 is 1.12 bits per heavy atom. The summed E-state index contributed by atoms with van der Waals surface area (Å²) in [4.78, 5) is 14.4. The van der Waals surface area contributed by atoms with Crippen molar-refractivity contribution in [2.24, 2.45) is 5.92 Å². The molecule has 1 fully saturated rings. The van der Waals surface area contributed by atoms with Crippen molar-refractivity contribution in [1.82, 2.24) is 29.4 Å². The standard InChI is InChI=1S/C18H26N6O/c1-14-5-6-18(25)24(21-14)12-15-7-10-22(11-8-15)13-17-20-19-16-4-2-3-9-23(16)17/h5-6,15H,2-4,7-13H2,1H3. The Morgan fingerprint density at radius 3 is 2.80 bits per heavy atom. The van der Waals surface area contributed by atoms with Crippen LogP contribution in [-0.4, -0.2) is 42.5 Å². The second-order valence-corrected chi connectivity index (χ2v) is 7.36. The molecule has 0 saturated carbocycles. The van der Waals surface area contributed by atoms with Crippen LogP contribution in [0, 0.1) is 12.8 Å². The van der Waals surface area contributed by atoms with Crippen LogP contribution < -0.4 is 5.56 Å². The first-order valence-electron chi connectivity index (χ1n) is 9.37. The second kappa shape index (κ2) is 7.07. The molecule has 0 unspecified atom stereocenters. The van der Waals surface area contributed by atoms with E-state index in [4.69, 9.17) is 0 Å². The molecule has 4 heterocycles. The minimum absolute atomic E-state index is 0.00289. The largest absolute Gasteiger partial charge is 0.314 e. The molecular weight excluding hydrogens is 316 g/mol. The highest BCUT2D eigenvalue weighted by Gasteiger charge is 2.23. The lowest BCUT2D eigenvalue weighted by atomic mass is 9.97. The first kappa shape index (κ1) is 16.4. The van der Waals surface area contributed by atoms with Crippen molar-refractivity contribution in [3.63, 3.8) is 0 Å². The SMILES string of the molecule is Cc1ccc(=O)n(CC2CCN(Cc3nnc4n3CCCC4)CC2)n1. The smallest absolute Gasteiger partial charge is 0.266 e. The Morgan fingerprint density at radius 2 is 1.96 bits per heavy atom. The number of aromatic nitrogens is 5. The predicted octanol–water partition coefficient (Wildman–Crippen LogP) is 1.39. The quantitative estimate of drug-likeness (QED) is 0.840. The van der Waals surface area contributed by atoms with Crippen LogP contribution in [0.3, 0.4) is 0 Å². The van der Waals surface area contributed by atoms with Gasteiger partial charge in [0, 0.05) is 25.6 Å². The molecule has 0 aliphatic carbocycles. The van der Waals surface area contributed by atoms with Crippen LogP contribution in [0.1, 0.15) is 43.0 Å². The third kappa shape index (κ3) is 3.66. The number of nitrogens with zero attached hydrogens (tertiary/aromatic N) is 6. The molecule has 2 aromatic heterocycles. The Labute approximate surface area is 147 Å². The molecule has 2 aliphatic heterocycles. The fourth-order valence-corrected chi connectivity index (χ4v) is 3.94. The number of hydrogen-bond donors (Lipinski definition) is 0. The summed E-state index contributed by atoms with van der Waals surface area (Å²) in [5.41, 5.74) is 0.900. The summed E-state index contributed by atoms with van der Waals surface area (Å²) in [5, 5.41) is 13.1. The van der Waals surface area contributed by atoms with Crippen molar-refractivity contribution in [2.75, 3.05) is 13.1 Å². The van der Waals surface area contributed by atoms with Gasteiger partial charge in [-0.2, -0.15) is 5.10 Å². The third-order valence-corrected chi connectivity index (χ3v) is 5.44. The van der Waals surface area contributed by atoms with E-state index < -0.39 is 0 Å². The number of aryl methyl sites for hydroxylation is 2. The molecule has 0 radical (unpaired) electrons. The van der Waals surface area contributed by atoms with Crippen LogP contribution in [0.15, 0.2) is 16.9 Å². The zero-order valence-corrected chi connectivity index (χ0v) is 14.9. The van der Waals surface area contributed by atoms with Gasteiger partial charge < -0.3 is 4.57 Å². The summed E-state index contributed by atoms with van der Waals surface area (Å²) in [6, 6.07) is 3.40. The Bertz CT molecular complexity index is 787. The second-order valence-electron chi connectivity index (χ2n) is 7.36. The van der Waals surface area contributed by atoms with Crippen LogP contribution in [0.4, 0.5) is 0 Å². The summed E-state index contributed by atoms with van der Waals surface area (Å²) in [6.45, 7) is 6.71. The normalized spacial score (nSPS) is 19.1. The lowest BCUT2D eigenvalue weighted by Gasteiger charge is -2.31. The van der Waals surface area contributed by atoms with Gasteiger partial charge in [-0.25, -0.2) is 4.68 Å². The molecule has 0 aromatic carbocycles. The van der Waals surface area contributed by atoms with Gasteiger partial charge >= 0.3 is 0 Å². The van der Waals surface area contributed by atoms with Crippen molar-refractivity contribution in [3.8, 4) is 0 Å². The number of likely N-dealkylation sites (tertiary alicyclic amines) is 1. The van der Waals surface area contributed by atoms with Crippen molar-refractivity contribution in [3.05, 3.63) is 39.8 Å². The van der Waals surface area contributed by atoms with Gasteiger partial charge in [-0.3, -0.25) is 9.69 Å². The van der Waals surface area contributed by atoms with Crippen LogP contribution in [0.25, 0.3) is 0 Å². The first-order chi connectivity index (χ1) is 12.2. The minimum atomic E-state index is 0.00289. The van der Waals surface area contributed by atoms with Crippen molar-refractivity contribution in [1.29, 1.82) is 0 Å². The van der Waals surface area contributed by atoms with Crippen LogP contribution in [-0.2, 0) is 26.1 Å². The minimum Gasteiger partial charge on any atom is -0.314 e. The highest BCUT2D eigenvalue weighted by Crippen LogP contribution is 2.21. The molecule has 0 N–H and O–H groups in total. The van der Waals surface area contributed by atoms with Gasteiger partial charge in [0.05, 0.1) is 12.2 Å². The van der Waals surface area contributed by atoms with E-state index in [9.17, 15) is 4.79 Å². The summed E-state index contributed by atoms with van der Waals surface area (Å²) >= 11 is 0. The average Bonchev–Trinajstić information content (AvgIpc) is 3.03. The number of hydrogen-bond acceptors (Lipinski definition) is 5. The molecule has 2 aromatic rings. The lowest BCUT2D eigenvalue weighted by molar-refractivity contribution is 0.158. The van der Waals surface area contributed by atoms with E-state index in [0.717, 1.165) is 69.3 Å². The van der Waals surface area contributed by atoms with Gasteiger partial charge in [0.15, 0.2) is 0 Å². The summed E-state index contributed by atoms with van der Waals surface area (Å²) in [6.07, 6.45) is 5.73. The molecule has 0 bridgehead atoms. The molecular formula is C18H26N6O. The molecule has 0 amide bonds. The maximum atomic E-state index is 11.9. The van der Waals surface area contributed by atoms with Crippen molar-refractivity contribution >= 4 is 0 Å². The molecule has 4 rings (SSSR count). The topological polar surface area (TPSA) is 68.8 Å². The number of fused-ring (bicyclic) bond motifs is 1. The monoisotopic (exact) mass is 342 g/mol. The molecule has 7 heteroatoms. The molecule has 25 heavy (non-hydrogen) atoms. The van der Waals surface area contributed by atoms with Crippen molar-refractivity contribution in [2.45, 2.75) is 58.7 Å². The zero-order chi connectivity index (χ0) is 17.2. The highest BCUT2D eigenvalue weighted by molar-refractivity contribution is 4.99. The summed E-state index contributed by atoms with van der Waals surface area (Å²) < 4.78 is 3.94. The van der Waals surface area contributed by atoms with E-state index in [1.165, 1.54) is 12.8 Å². The lowest BCUT2D eigenvalue weighted by Crippen LogP contribution is -2.37. The Kier molecular flexibility index (Phi) is 4.65. The van der Waals surface area contributed by atoms with Gasteiger partial charge in [0.2, 0.25) is 0 Å². The molecule has 1 saturated heterocycles. The molecule has 7 nitrogen and oxygen atoms in total. The van der Waals surface area contributed by atoms with E-state index in [1.807, 2.05) is 6.92 Å². The van der Waals surface area contributed by atoms with E-state index in [2.05, 4.69) is 24.8 Å². The Balaban J connectivity index is 1.33. The fraction of sp³-hybridized carbons (Fsp3) is 0.667. The molecule has 0 atom stereocenters. The van der Waals surface area contributed by atoms with Gasteiger partial charge in [0.25, 0.3) is 5.56 Å². The maximum absolute atomic E-state index is 11.9. The fourth-order valence-electron chi connectivity index (χ4n) is 3.94. The zero-order valence-electron chi connectivity index (χ0n) is 14.9. The summed E-state index contributed by atoms with van der Waals surface area (Å²) in [7, 11) is 0.